The van der Waals surface area contributed by atoms with Gasteiger partial charge in [-0.25, -0.2) is 0 Å². The van der Waals surface area contributed by atoms with E-state index in [1.807, 2.05) is 0 Å². The maximum atomic E-state index is 2.33. The SMILES string of the molecule is CC[N+](C)(C(C)C)C(C)C. The van der Waals surface area contributed by atoms with E-state index in [1.54, 1.807) is 0 Å². The zero-order valence-corrected chi connectivity index (χ0v) is 8.31. The van der Waals surface area contributed by atoms with E-state index >= 15 is 0 Å². The molecule has 0 fully saturated rings. The summed E-state index contributed by atoms with van der Waals surface area (Å²) in [6.07, 6.45) is 0. The van der Waals surface area contributed by atoms with Crippen molar-refractivity contribution < 1.29 is 4.48 Å². The van der Waals surface area contributed by atoms with Crippen molar-refractivity contribution in [1.82, 2.24) is 0 Å². The summed E-state index contributed by atoms with van der Waals surface area (Å²) in [5, 5.41) is 0. The van der Waals surface area contributed by atoms with E-state index < -0.39 is 0 Å². The Labute approximate surface area is 65.6 Å². The summed E-state index contributed by atoms with van der Waals surface area (Å²) in [5.41, 5.74) is 0. The lowest BCUT2D eigenvalue weighted by molar-refractivity contribution is -0.947. The van der Waals surface area contributed by atoms with E-state index in [2.05, 4.69) is 41.7 Å². The van der Waals surface area contributed by atoms with Gasteiger partial charge in [0.15, 0.2) is 0 Å². The van der Waals surface area contributed by atoms with Crippen LogP contribution < -0.4 is 0 Å². The lowest BCUT2D eigenvalue weighted by Gasteiger charge is -2.41. The number of hydrogen-bond donors (Lipinski definition) is 0. The van der Waals surface area contributed by atoms with Gasteiger partial charge in [0.25, 0.3) is 0 Å². The Balaban J connectivity index is 4.23. The highest BCUT2D eigenvalue weighted by molar-refractivity contribution is 4.47. The van der Waals surface area contributed by atoms with Gasteiger partial charge in [0.2, 0.25) is 0 Å². The Kier molecular flexibility index (Phi) is 3.37. The third-order valence-electron chi connectivity index (χ3n) is 3.04. The fourth-order valence-corrected chi connectivity index (χ4v) is 1.33. The van der Waals surface area contributed by atoms with Crippen LogP contribution in [0.5, 0.6) is 0 Å². The van der Waals surface area contributed by atoms with Crippen molar-refractivity contribution in [3.05, 3.63) is 0 Å². The fraction of sp³-hybridized carbons (Fsp3) is 1.00. The topological polar surface area (TPSA) is 0 Å². The normalized spacial score (nSPS) is 13.2. The van der Waals surface area contributed by atoms with Gasteiger partial charge >= 0.3 is 0 Å². The maximum absolute atomic E-state index is 2.33. The van der Waals surface area contributed by atoms with E-state index in [1.165, 1.54) is 11.0 Å². The van der Waals surface area contributed by atoms with Crippen molar-refractivity contribution in [1.29, 1.82) is 0 Å². The van der Waals surface area contributed by atoms with Crippen molar-refractivity contribution in [2.45, 2.75) is 46.7 Å². The quantitative estimate of drug-likeness (QED) is 0.533. The van der Waals surface area contributed by atoms with Crippen LogP contribution in [0.2, 0.25) is 0 Å². The number of hydrogen-bond acceptors (Lipinski definition) is 0. The lowest BCUT2D eigenvalue weighted by atomic mass is 10.2. The summed E-state index contributed by atoms with van der Waals surface area (Å²) >= 11 is 0. The molecular weight excluding hydrogens is 122 g/mol. The number of rotatable bonds is 3. The van der Waals surface area contributed by atoms with Crippen LogP contribution >= 0.6 is 0 Å². The van der Waals surface area contributed by atoms with E-state index in [9.17, 15) is 0 Å². The molecule has 0 bridgehead atoms. The molecule has 1 nitrogen and oxygen atoms in total. The van der Waals surface area contributed by atoms with Gasteiger partial charge in [0.1, 0.15) is 0 Å². The van der Waals surface area contributed by atoms with Crippen LogP contribution in [-0.2, 0) is 0 Å². The Hall–Kier alpha value is -0.0400. The molecule has 0 aromatic rings. The Morgan fingerprint density at radius 2 is 1.30 bits per heavy atom. The summed E-state index contributed by atoms with van der Waals surface area (Å²) in [7, 11) is 2.33. The van der Waals surface area contributed by atoms with Gasteiger partial charge in [-0.05, 0) is 34.6 Å². The molecule has 1 heteroatoms. The van der Waals surface area contributed by atoms with Crippen molar-refractivity contribution >= 4 is 0 Å². The molecule has 0 spiro atoms. The lowest BCUT2D eigenvalue weighted by Crippen LogP contribution is -2.54. The average Bonchev–Trinajstić information content (AvgIpc) is 1.85. The van der Waals surface area contributed by atoms with Crippen molar-refractivity contribution in [2.24, 2.45) is 0 Å². The molecule has 0 heterocycles. The average molecular weight is 144 g/mol. The van der Waals surface area contributed by atoms with E-state index in [4.69, 9.17) is 0 Å². The second-order valence-corrected chi connectivity index (χ2v) is 3.85. The third kappa shape index (κ3) is 1.72. The Morgan fingerprint density at radius 1 is 1.00 bits per heavy atom. The van der Waals surface area contributed by atoms with Crippen LogP contribution in [0.1, 0.15) is 34.6 Å². The molecule has 0 radical (unpaired) electrons. The molecule has 0 atom stereocenters. The molecule has 0 aromatic heterocycles. The highest BCUT2D eigenvalue weighted by Gasteiger charge is 2.26. The van der Waals surface area contributed by atoms with Gasteiger partial charge in [-0.2, -0.15) is 0 Å². The Morgan fingerprint density at radius 3 is 1.30 bits per heavy atom. The molecule has 0 unspecified atom stereocenters. The first-order valence-corrected chi connectivity index (χ1v) is 4.30. The van der Waals surface area contributed by atoms with Crippen LogP contribution in [-0.4, -0.2) is 30.2 Å². The predicted molar refractivity (Wildman–Crippen MR) is 47.0 cm³/mol. The second-order valence-electron chi connectivity index (χ2n) is 3.85. The van der Waals surface area contributed by atoms with Crippen LogP contribution in [0.25, 0.3) is 0 Å². The highest BCUT2D eigenvalue weighted by atomic mass is 15.4. The van der Waals surface area contributed by atoms with Crippen molar-refractivity contribution in [2.75, 3.05) is 13.6 Å². The second kappa shape index (κ2) is 3.38. The van der Waals surface area contributed by atoms with E-state index in [0.717, 1.165) is 12.1 Å². The number of quaternary nitrogens is 1. The molecule has 62 valence electrons. The van der Waals surface area contributed by atoms with Crippen molar-refractivity contribution in [3.8, 4) is 0 Å². The summed E-state index contributed by atoms with van der Waals surface area (Å²) in [4.78, 5) is 0. The zero-order valence-electron chi connectivity index (χ0n) is 8.31. The largest absolute Gasteiger partial charge is 0.322 e. The minimum Gasteiger partial charge on any atom is -0.322 e. The van der Waals surface area contributed by atoms with E-state index in [0.29, 0.717) is 0 Å². The highest BCUT2D eigenvalue weighted by Crippen LogP contribution is 2.14. The smallest absolute Gasteiger partial charge is 0.0833 e. The molecule has 0 rings (SSSR count). The molecule has 0 saturated heterocycles. The molecule has 0 aliphatic rings. The zero-order chi connectivity index (χ0) is 8.36. The van der Waals surface area contributed by atoms with Crippen LogP contribution in [0.3, 0.4) is 0 Å². The van der Waals surface area contributed by atoms with E-state index in [-0.39, 0.29) is 0 Å². The van der Waals surface area contributed by atoms with Gasteiger partial charge in [-0.15, -0.1) is 0 Å². The first-order valence-electron chi connectivity index (χ1n) is 4.30. The third-order valence-corrected chi connectivity index (χ3v) is 3.04. The molecule has 0 aromatic carbocycles. The summed E-state index contributed by atoms with van der Waals surface area (Å²) in [6.45, 7) is 12.7. The molecule has 0 aliphatic heterocycles. The predicted octanol–water partition coefficient (Wildman–Crippen LogP) is 2.27. The minimum absolute atomic E-state index is 0.741. The van der Waals surface area contributed by atoms with Gasteiger partial charge in [-0.1, -0.05) is 0 Å². The molecule has 0 N–H and O–H groups in total. The van der Waals surface area contributed by atoms with Crippen LogP contribution in [0.4, 0.5) is 0 Å². The summed E-state index contributed by atoms with van der Waals surface area (Å²) in [5.74, 6) is 0. The first kappa shape index (κ1) is 9.96. The van der Waals surface area contributed by atoms with Crippen molar-refractivity contribution in [3.63, 3.8) is 0 Å². The molecule has 0 saturated carbocycles. The summed E-state index contributed by atoms with van der Waals surface area (Å²) < 4.78 is 1.18. The minimum atomic E-state index is 0.741. The standard InChI is InChI=1S/C9H22N/c1-7-10(6,8(2)3)9(4)5/h8-9H,7H2,1-6H3/q+1. The van der Waals surface area contributed by atoms with Gasteiger partial charge in [0.05, 0.1) is 25.7 Å². The first-order chi connectivity index (χ1) is 4.45. The van der Waals surface area contributed by atoms with Crippen LogP contribution in [0.15, 0.2) is 0 Å². The summed E-state index contributed by atoms with van der Waals surface area (Å²) in [6, 6.07) is 1.48. The maximum Gasteiger partial charge on any atom is 0.0833 e. The number of nitrogens with zero attached hydrogens (tertiary/aromatic N) is 1. The molecule has 0 amide bonds. The van der Waals surface area contributed by atoms with Gasteiger partial charge < -0.3 is 4.48 Å². The Bertz CT molecular complexity index is 86.9. The van der Waals surface area contributed by atoms with Gasteiger partial charge in [-0.3, -0.25) is 0 Å². The van der Waals surface area contributed by atoms with Crippen LogP contribution in [0, 0.1) is 0 Å². The molecular formula is C9H22N+. The fourth-order valence-electron chi connectivity index (χ4n) is 1.33. The monoisotopic (exact) mass is 144 g/mol. The molecule has 0 aliphatic carbocycles. The molecule has 10 heavy (non-hydrogen) atoms. The van der Waals surface area contributed by atoms with Gasteiger partial charge in [0, 0.05) is 0 Å².